The van der Waals surface area contributed by atoms with E-state index in [0.717, 1.165) is 31.6 Å². The zero-order valence-electron chi connectivity index (χ0n) is 12.4. The van der Waals surface area contributed by atoms with Gasteiger partial charge in [-0.25, -0.2) is 0 Å². The molecule has 0 bridgehead atoms. The van der Waals surface area contributed by atoms with Crippen LogP contribution in [-0.4, -0.2) is 30.1 Å². The number of phenols is 1. The van der Waals surface area contributed by atoms with E-state index in [1.807, 2.05) is 6.07 Å². The first kappa shape index (κ1) is 14.7. The van der Waals surface area contributed by atoms with Crippen LogP contribution in [0.1, 0.15) is 49.9 Å². The smallest absolute Gasteiger partial charge is 0.255 e. The van der Waals surface area contributed by atoms with E-state index >= 15 is 0 Å². The SMILES string of the molecule is CCN(CC)c1ccc(C(=O)NC2CCCC2)c(O)c1. The van der Waals surface area contributed by atoms with Gasteiger partial charge in [-0.1, -0.05) is 12.8 Å². The second-order valence-electron chi connectivity index (χ2n) is 5.33. The Morgan fingerprint density at radius 1 is 1.30 bits per heavy atom. The zero-order chi connectivity index (χ0) is 14.5. The van der Waals surface area contributed by atoms with Crippen molar-refractivity contribution in [2.24, 2.45) is 0 Å². The van der Waals surface area contributed by atoms with Gasteiger partial charge in [0.2, 0.25) is 0 Å². The third-order valence-corrected chi connectivity index (χ3v) is 4.04. The predicted molar refractivity (Wildman–Crippen MR) is 81.4 cm³/mol. The summed E-state index contributed by atoms with van der Waals surface area (Å²) in [6, 6.07) is 5.56. The Kier molecular flexibility index (Phi) is 4.88. The maximum atomic E-state index is 12.2. The number of carbonyl (C=O) groups is 1. The summed E-state index contributed by atoms with van der Waals surface area (Å²) in [5.74, 6) is -0.106. The van der Waals surface area contributed by atoms with Gasteiger partial charge in [-0.15, -0.1) is 0 Å². The molecule has 0 saturated heterocycles. The third kappa shape index (κ3) is 3.24. The molecule has 1 aliphatic carbocycles. The first-order valence-electron chi connectivity index (χ1n) is 7.54. The van der Waals surface area contributed by atoms with Crippen molar-refractivity contribution in [1.29, 1.82) is 0 Å². The Morgan fingerprint density at radius 3 is 2.50 bits per heavy atom. The van der Waals surface area contributed by atoms with Gasteiger partial charge in [0, 0.05) is 30.9 Å². The van der Waals surface area contributed by atoms with Gasteiger partial charge >= 0.3 is 0 Å². The van der Waals surface area contributed by atoms with Crippen LogP contribution in [0.4, 0.5) is 5.69 Å². The molecule has 2 rings (SSSR count). The molecular formula is C16H24N2O2. The molecule has 4 nitrogen and oxygen atoms in total. The number of hydrogen-bond acceptors (Lipinski definition) is 3. The monoisotopic (exact) mass is 276 g/mol. The van der Waals surface area contributed by atoms with E-state index < -0.39 is 0 Å². The molecule has 0 atom stereocenters. The fourth-order valence-corrected chi connectivity index (χ4v) is 2.83. The summed E-state index contributed by atoms with van der Waals surface area (Å²) in [4.78, 5) is 14.3. The molecule has 1 aromatic carbocycles. The predicted octanol–water partition coefficient (Wildman–Crippen LogP) is 2.91. The van der Waals surface area contributed by atoms with Crippen molar-refractivity contribution in [3.8, 4) is 5.75 Å². The number of phenolic OH excluding ortho intramolecular Hbond substituents is 1. The molecule has 1 amide bonds. The fraction of sp³-hybridized carbons (Fsp3) is 0.562. The maximum absolute atomic E-state index is 12.2. The number of anilines is 1. The maximum Gasteiger partial charge on any atom is 0.255 e. The average molecular weight is 276 g/mol. The van der Waals surface area contributed by atoms with Gasteiger partial charge in [0.15, 0.2) is 0 Å². The number of amides is 1. The summed E-state index contributed by atoms with van der Waals surface area (Å²) in [6.07, 6.45) is 4.45. The molecule has 1 saturated carbocycles. The Balaban J connectivity index is 2.10. The number of rotatable bonds is 5. The molecule has 0 heterocycles. The average Bonchev–Trinajstić information content (AvgIpc) is 2.93. The Labute approximate surface area is 120 Å². The lowest BCUT2D eigenvalue weighted by molar-refractivity contribution is 0.0935. The number of nitrogens with one attached hydrogen (secondary N) is 1. The Hall–Kier alpha value is -1.71. The van der Waals surface area contributed by atoms with E-state index in [1.165, 1.54) is 12.8 Å². The van der Waals surface area contributed by atoms with E-state index in [9.17, 15) is 9.90 Å². The molecule has 0 spiro atoms. The van der Waals surface area contributed by atoms with Crippen LogP contribution < -0.4 is 10.2 Å². The highest BCUT2D eigenvalue weighted by atomic mass is 16.3. The van der Waals surface area contributed by atoms with Crippen LogP contribution in [-0.2, 0) is 0 Å². The lowest BCUT2D eigenvalue weighted by Crippen LogP contribution is -2.32. The summed E-state index contributed by atoms with van der Waals surface area (Å²) in [5.41, 5.74) is 1.32. The molecule has 0 aliphatic heterocycles. The molecule has 20 heavy (non-hydrogen) atoms. The van der Waals surface area contributed by atoms with Crippen molar-refractivity contribution in [1.82, 2.24) is 5.32 Å². The first-order chi connectivity index (χ1) is 9.65. The van der Waals surface area contributed by atoms with Gasteiger partial charge in [-0.3, -0.25) is 4.79 Å². The molecule has 1 fully saturated rings. The summed E-state index contributed by atoms with van der Waals surface area (Å²) in [5, 5.41) is 13.1. The number of hydrogen-bond donors (Lipinski definition) is 2. The van der Waals surface area contributed by atoms with Gasteiger partial charge in [-0.2, -0.15) is 0 Å². The fourth-order valence-electron chi connectivity index (χ4n) is 2.83. The Bertz CT molecular complexity index is 464. The molecule has 0 radical (unpaired) electrons. The molecule has 2 N–H and O–H groups in total. The van der Waals surface area contributed by atoms with E-state index in [0.29, 0.717) is 5.56 Å². The number of carbonyl (C=O) groups excluding carboxylic acids is 1. The van der Waals surface area contributed by atoms with Crippen LogP contribution in [0.5, 0.6) is 5.75 Å². The first-order valence-corrected chi connectivity index (χ1v) is 7.54. The molecule has 110 valence electrons. The summed E-state index contributed by atoms with van der Waals surface area (Å²) in [7, 11) is 0. The minimum absolute atomic E-state index is 0.0601. The van der Waals surface area contributed by atoms with E-state index in [2.05, 4.69) is 24.1 Å². The molecule has 4 heteroatoms. The van der Waals surface area contributed by atoms with Crippen molar-refractivity contribution in [2.45, 2.75) is 45.6 Å². The van der Waals surface area contributed by atoms with Gasteiger partial charge in [-0.05, 0) is 38.8 Å². The van der Waals surface area contributed by atoms with Gasteiger partial charge in [0.1, 0.15) is 5.75 Å². The minimum Gasteiger partial charge on any atom is -0.507 e. The second kappa shape index (κ2) is 6.64. The molecule has 1 aliphatic rings. The van der Waals surface area contributed by atoms with Crippen molar-refractivity contribution < 1.29 is 9.90 Å². The van der Waals surface area contributed by atoms with Crippen LogP contribution in [0.25, 0.3) is 0 Å². The van der Waals surface area contributed by atoms with Crippen LogP contribution in [0.2, 0.25) is 0 Å². The highest BCUT2D eigenvalue weighted by Crippen LogP contribution is 2.25. The van der Waals surface area contributed by atoms with Gasteiger partial charge in [0.05, 0.1) is 5.56 Å². The van der Waals surface area contributed by atoms with E-state index in [-0.39, 0.29) is 17.7 Å². The van der Waals surface area contributed by atoms with Crippen molar-refractivity contribution in [3.63, 3.8) is 0 Å². The largest absolute Gasteiger partial charge is 0.507 e. The standard InChI is InChI=1S/C16H24N2O2/c1-3-18(4-2)13-9-10-14(15(19)11-13)16(20)17-12-7-5-6-8-12/h9-12,19H,3-8H2,1-2H3,(H,17,20). The second-order valence-corrected chi connectivity index (χ2v) is 5.33. The van der Waals surface area contributed by atoms with E-state index in [1.54, 1.807) is 12.1 Å². The minimum atomic E-state index is -0.166. The molecule has 0 aromatic heterocycles. The highest BCUT2D eigenvalue weighted by molar-refractivity contribution is 5.97. The third-order valence-electron chi connectivity index (χ3n) is 4.04. The normalized spacial score (nSPS) is 15.3. The van der Waals surface area contributed by atoms with Gasteiger partial charge in [0.25, 0.3) is 5.91 Å². The van der Waals surface area contributed by atoms with E-state index in [4.69, 9.17) is 0 Å². The summed E-state index contributed by atoms with van der Waals surface area (Å²) in [6.45, 7) is 5.90. The zero-order valence-corrected chi connectivity index (χ0v) is 12.4. The van der Waals surface area contributed by atoms with Crippen molar-refractivity contribution in [3.05, 3.63) is 23.8 Å². The van der Waals surface area contributed by atoms with Crippen LogP contribution in [0, 0.1) is 0 Å². The summed E-state index contributed by atoms with van der Waals surface area (Å²) >= 11 is 0. The van der Waals surface area contributed by atoms with Crippen molar-refractivity contribution in [2.75, 3.05) is 18.0 Å². The molecular weight excluding hydrogens is 252 g/mol. The highest BCUT2D eigenvalue weighted by Gasteiger charge is 2.20. The Morgan fingerprint density at radius 2 is 1.95 bits per heavy atom. The number of aromatic hydroxyl groups is 1. The molecule has 0 unspecified atom stereocenters. The lowest BCUT2D eigenvalue weighted by atomic mass is 10.1. The van der Waals surface area contributed by atoms with Crippen LogP contribution >= 0.6 is 0 Å². The van der Waals surface area contributed by atoms with Crippen LogP contribution in [0.15, 0.2) is 18.2 Å². The molecule has 1 aromatic rings. The topological polar surface area (TPSA) is 52.6 Å². The quantitative estimate of drug-likeness (QED) is 0.869. The van der Waals surface area contributed by atoms with Crippen LogP contribution in [0.3, 0.4) is 0 Å². The summed E-state index contributed by atoms with van der Waals surface area (Å²) < 4.78 is 0. The number of benzene rings is 1. The van der Waals surface area contributed by atoms with Crippen molar-refractivity contribution >= 4 is 11.6 Å². The lowest BCUT2D eigenvalue weighted by Gasteiger charge is -2.21. The van der Waals surface area contributed by atoms with Gasteiger partial charge < -0.3 is 15.3 Å². The number of nitrogens with zero attached hydrogens (tertiary/aromatic N) is 1.